The summed E-state index contributed by atoms with van der Waals surface area (Å²) in [5, 5.41) is 2.28. The zero-order valence-corrected chi connectivity index (χ0v) is 15.3. The molecule has 0 fully saturated rings. The van der Waals surface area contributed by atoms with Crippen LogP contribution in [0.25, 0.3) is 5.69 Å². The van der Waals surface area contributed by atoms with Crippen LogP contribution in [0.4, 0.5) is 14.5 Å². The van der Waals surface area contributed by atoms with Crippen LogP contribution in [0.2, 0.25) is 0 Å². The fourth-order valence-electron chi connectivity index (χ4n) is 2.61. The number of nitrogens with zero attached hydrogens (tertiary/aromatic N) is 1. The second-order valence-corrected chi connectivity index (χ2v) is 5.77. The lowest BCUT2D eigenvalue weighted by atomic mass is 10.2. The predicted octanol–water partition coefficient (Wildman–Crippen LogP) is 2.07. The van der Waals surface area contributed by atoms with Gasteiger partial charge in [0, 0.05) is 24.0 Å². The van der Waals surface area contributed by atoms with E-state index in [1.807, 2.05) is 0 Å². The molecule has 0 saturated heterocycles. The molecule has 1 heterocycles. The van der Waals surface area contributed by atoms with E-state index in [1.165, 1.54) is 32.4 Å². The monoisotopic (exact) mass is 403 g/mol. The minimum atomic E-state index is -1.16. The molecule has 0 radical (unpaired) electrons. The minimum Gasteiger partial charge on any atom is -0.493 e. The molecule has 2 N–H and O–H groups in total. The van der Waals surface area contributed by atoms with Gasteiger partial charge in [-0.3, -0.25) is 9.59 Å². The number of H-pyrrole nitrogens is 1. The molecule has 2 aromatic carbocycles. The van der Waals surface area contributed by atoms with E-state index < -0.39 is 34.4 Å². The predicted molar refractivity (Wildman–Crippen MR) is 100 cm³/mol. The standard InChI is InChI=1S/C19H15F2N3O5/c1-28-15-6-4-11(8-16(15)29-2)24-18(26)12(9-22-19(24)27)17(25)23-10-3-5-13(20)14(21)7-10/h3-9H,1-2H3,(H,22,27)(H,23,25). The number of nitrogens with one attached hydrogen (secondary N) is 2. The van der Waals surface area contributed by atoms with E-state index in [4.69, 9.17) is 9.47 Å². The third kappa shape index (κ3) is 3.86. The van der Waals surface area contributed by atoms with E-state index in [-0.39, 0.29) is 17.1 Å². The number of methoxy groups -OCH3 is 2. The second kappa shape index (κ2) is 7.97. The Balaban J connectivity index is 2.03. The summed E-state index contributed by atoms with van der Waals surface area (Å²) in [6, 6.07) is 7.07. The highest BCUT2D eigenvalue weighted by molar-refractivity contribution is 6.03. The molecule has 10 heteroatoms. The Labute approximate surface area is 162 Å². The average Bonchev–Trinajstić information content (AvgIpc) is 2.70. The number of benzene rings is 2. The Bertz CT molecular complexity index is 1200. The van der Waals surface area contributed by atoms with Crippen LogP contribution in [0.15, 0.2) is 52.2 Å². The van der Waals surface area contributed by atoms with Crippen LogP contribution in [0.5, 0.6) is 11.5 Å². The lowest BCUT2D eigenvalue weighted by Crippen LogP contribution is -2.38. The molecule has 0 unspecified atom stereocenters. The highest BCUT2D eigenvalue weighted by Gasteiger charge is 2.18. The number of carbonyl (C=O) groups excluding carboxylic acids is 1. The molecule has 0 spiro atoms. The SMILES string of the molecule is COc1ccc(-n2c(=O)[nH]cc(C(=O)Nc3ccc(F)c(F)c3)c2=O)cc1OC. The third-order valence-corrected chi connectivity index (χ3v) is 4.02. The number of aromatic amines is 1. The largest absolute Gasteiger partial charge is 0.493 e. The van der Waals surface area contributed by atoms with Gasteiger partial charge in [0.2, 0.25) is 0 Å². The highest BCUT2D eigenvalue weighted by Crippen LogP contribution is 2.28. The summed E-state index contributed by atoms with van der Waals surface area (Å²) < 4.78 is 37.4. The molecule has 0 saturated carbocycles. The van der Waals surface area contributed by atoms with Gasteiger partial charge in [0.15, 0.2) is 23.1 Å². The Kier molecular flexibility index (Phi) is 5.44. The number of halogens is 2. The van der Waals surface area contributed by atoms with E-state index in [0.717, 1.165) is 29.0 Å². The molecular formula is C19H15F2N3O5. The second-order valence-electron chi connectivity index (χ2n) is 5.77. The molecule has 0 bridgehead atoms. The molecule has 1 aromatic heterocycles. The van der Waals surface area contributed by atoms with Crippen LogP contribution in [0.3, 0.4) is 0 Å². The molecule has 0 atom stereocenters. The van der Waals surface area contributed by atoms with Crippen LogP contribution in [-0.4, -0.2) is 29.7 Å². The van der Waals surface area contributed by atoms with Crippen molar-refractivity contribution >= 4 is 11.6 Å². The van der Waals surface area contributed by atoms with Crippen LogP contribution in [0.1, 0.15) is 10.4 Å². The Morgan fingerprint density at radius 2 is 1.72 bits per heavy atom. The summed E-state index contributed by atoms with van der Waals surface area (Å²) in [6.45, 7) is 0. The van der Waals surface area contributed by atoms with Crippen LogP contribution in [-0.2, 0) is 0 Å². The van der Waals surface area contributed by atoms with E-state index in [9.17, 15) is 23.2 Å². The van der Waals surface area contributed by atoms with Gasteiger partial charge in [0.1, 0.15) is 5.56 Å². The molecule has 3 rings (SSSR count). The van der Waals surface area contributed by atoms with Gasteiger partial charge in [-0.15, -0.1) is 0 Å². The summed E-state index contributed by atoms with van der Waals surface area (Å²) in [6.07, 6.45) is 0.942. The quantitative estimate of drug-likeness (QED) is 0.679. The Morgan fingerprint density at radius 3 is 2.38 bits per heavy atom. The zero-order chi connectivity index (χ0) is 21.1. The average molecular weight is 403 g/mol. The third-order valence-electron chi connectivity index (χ3n) is 4.02. The van der Waals surface area contributed by atoms with Crippen molar-refractivity contribution in [1.29, 1.82) is 0 Å². The van der Waals surface area contributed by atoms with Gasteiger partial charge >= 0.3 is 5.69 Å². The number of hydrogen-bond donors (Lipinski definition) is 2. The van der Waals surface area contributed by atoms with Crippen molar-refractivity contribution in [3.8, 4) is 17.2 Å². The summed E-state index contributed by atoms with van der Waals surface area (Å²) >= 11 is 0. The molecular weight excluding hydrogens is 388 g/mol. The van der Waals surface area contributed by atoms with Gasteiger partial charge in [-0.2, -0.15) is 0 Å². The van der Waals surface area contributed by atoms with Crippen molar-refractivity contribution < 1.29 is 23.0 Å². The summed E-state index contributed by atoms with van der Waals surface area (Å²) in [4.78, 5) is 39.7. The maximum atomic E-state index is 13.3. The molecule has 29 heavy (non-hydrogen) atoms. The van der Waals surface area contributed by atoms with Gasteiger partial charge in [-0.1, -0.05) is 0 Å². The fraction of sp³-hybridized carbons (Fsp3) is 0.105. The number of rotatable bonds is 5. The topological polar surface area (TPSA) is 102 Å². The highest BCUT2D eigenvalue weighted by atomic mass is 19.2. The Hall–Kier alpha value is -3.95. The number of amides is 1. The minimum absolute atomic E-state index is 0.0582. The van der Waals surface area contributed by atoms with Crippen molar-refractivity contribution in [3.05, 3.63) is 80.6 Å². The molecule has 3 aromatic rings. The molecule has 150 valence electrons. The fourth-order valence-corrected chi connectivity index (χ4v) is 2.61. The number of ether oxygens (including phenoxy) is 2. The summed E-state index contributed by atoms with van der Waals surface area (Å²) in [5.41, 5.74) is -2.04. The zero-order valence-electron chi connectivity index (χ0n) is 15.3. The number of carbonyl (C=O) groups is 1. The number of anilines is 1. The van der Waals surface area contributed by atoms with Crippen LogP contribution in [0, 0.1) is 11.6 Å². The van der Waals surface area contributed by atoms with Crippen molar-refractivity contribution in [2.75, 3.05) is 19.5 Å². The van der Waals surface area contributed by atoms with E-state index in [2.05, 4.69) is 10.3 Å². The molecule has 1 amide bonds. The van der Waals surface area contributed by atoms with E-state index in [1.54, 1.807) is 0 Å². The lowest BCUT2D eigenvalue weighted by molar-refractivity contribution is 0.102. The van der Waals surface area contributed by atoms with Gasteiger partial charge in [0.25, 0.3) is 11.5 Å². The molecule has 8 nitrogen and oxygen atoms in total. The van der Waals surface area contributed by atoms with E-state index >= 15 is 0 Å². The van der Waals surface area contributed by atoms with Gasteiger partial charge in [0.05, 0.1) is 19.9 Å². The van der Waals surface area contributed by atoms with Gasteiger partial charge < -0.3 is 19.8 Å². The van der Waals surface area contributed by atoms with Crippen LogP contribution >= 0.6 is 0 Å². The van der Waals surface area contributed by atoms with Crippen molar-refractivity contribution in [2.24, 2.45) is 0 Å². The first-order valence-electron chi connectivity index (χ1n) is 8.19. The van der Waals surface area contributed by atoms with Crippen molar-refractivity contribution in [3.63, 3.8) is 0 Å². The normalized spacial score (nSPS) is 10.5. The van der Waals surface area contributed by atoms with E-state index in [0.29, 0.717) is 5.75 Å². The van der Waals surface area contributed by atoms with Crippen LogP contribution < -0.4 is 26.0 Å². The number of aromatic nitrogens is 2. The smallest absolute Gasteiger partial charge is 0.333 e. The van der Waals surface area contributed by atoms with Gasteiger partial charge in [-0.05, 0) is 24.3 Å². The number of hydrogen-bond acceptors (Lipinski definition) is 5. The first-order valence-corrected chi connectivity index (χ1v) is 8.19. The van der Waals surface area contributed by atoms with Crippen molar-refractivity contribution in [2.45, 2.75) is 0 Å². The first kappa shape index (κ1) is 19.8. The molecule has 0 aliphatic rings. The first-order chi connectivity index (χ1) is 13.8. The van der Waals surface area contributed by atoms with Crippen molar-refractivity contribution in [1.82, 2.24) is 9.55 Å². The lowest BCUT2D eigenvalue weighted by Gasteiger charge is -2.11. The molecule has 0 aliphatic carbocycles. The summed E-state index contributed by atoms with van der Waals surface area (Å²) in [7, 11) is 2.82. The molecule has 0 aliphatic heterocycles. The summed E-state index contributed by atoms with van der Waals surface area (Å²) in [5.74, 6) is -2.50. The Morgan fingerprint density at radius 1 is 1.00 bits per heavy atom. The van der Waals surface area contributed by atoms with Gasteiger partial charge in [-0.25, -0.2) is 18.1 Å². The maximum absolute atomic E-state index is 13.3. The maximum Gasteiger partial charge on any atom is 0.333 e.